The predicted octanol–water partition coefficient (Wildman–Crippen LogP) is 4.38. The van der Waals surface area contributed by atoms with Gasteiger partial charge in [-0.1, -0.05) is 0 Å². The Hall–Kier alpha value is -3.18. The molecule has 0 bridgehead atoms. The van der Waals surface area contributed by atoms with Crippen LogP contribution in [0.5, 0.6) is 17.2 Å². The molecule has 0 saturated carbocycles. The second-order valence-corrected chi connectivity index (χ2v) is 9.34. The van der Waals surface area contributed by atoms with E-state index >= 15 is 0 Å². The summed E-state index contributed by atoms with van der Waals surface area (Å²) in [6.07, 6.45) is 0.465. The van der Waals surface area contributed by atoms with Crippen LogP contribution in [0.3, 0.4) is 0 Å². The zero-order valence-corrected chi connectivity index (χ0v) is 19.7. The number of nitro benzene ring substituents is 1. The number of methoxy groups -OCH3 is 2. The molecule has 0 aromatic heterocycles. The van der Waals surface area contributed by atoms with Crippen molar-refractivity contribution in [3.63, 3.8) is 0 Å². The molecular weight excluding hydrogens is 452 g/mol. The minimum absolute atomic E-state index is 0.0904. The number of nitro groups is 1. The van der Waals surface area contributed by atoms with E-state index in [1.807, 2.05) is 0 Å². The smallest absolute Gasteiger partial charge is 0.412 e. The number of benzene rings is 2. The number of carbonyl (C=O) groups excluding carboxylic acids is 1. The quantitative estimate of drug-likeness (QED) is 0.230. The van der Waals surface area contributed by atoms with Crippen LogP contribution in [-0.4, -0.2) is 42.1 Å². The summed E-state index contributed by atoms with van der Waals surface area (Å²) in [6.45, 7) is 3.60. The van der Waals surface area contributed by atoms with Crippen LogP contribution >= 0.6 is 0 Å². The Morgan fingerprint density at radius 3 is 2.48 bits per heavy atom. The Labute approximate surface area is 194 Å². The topological polar surface area (TPSA) is 132 Å². The Morgan fingerprint density at radius 1 is 1.09 bits per heavy atom. The summed E-state index contributed by atoms with van der Waals surface area (Å²) in [5.41, 5.74) is -0.306. The average molecular weight is 479 g/mol. The number of unbranched alkanes of at least 4 members (excludes halogenated alkanes) is 1. The van der Waals surface area contributed by atoms with Crippen molar-refractivity contribution in [2.75, 3.05) is 31.9 Å². The van der Waals surface area contributed by atoms with Gasteiger partial charge in [0.1, 0.15) is 11.4 Å². The van der Waals surface area contributed by atoms with E-state index in [1.165, 1.54) is 26.4 Å². The standard InChI is InChI=1S/C22H26N2O8S/c1-22(2)15-12-19(17(24(26)27)13-16(15)23-21(25)32-22)31-9-5-6-10-33(28)14-7-8-18(29-3)20(11-14)30-4/h7-8,11-13H,5-6,9-10H2,1-4H3,(H,23,25). The second-order valence-electron chi connectivity index (χ2n) is 7.77. The SMILES string of the molecule is COc1ccc([S+]([O-])CCCCOc2cc3c(cc2[N+](=O)[O-])NC(=O)OC3(C)C)cc1OC. The van der Waals surface area contributed by atoms with Gasteiger partial charge in [0, 0.05) is 17.7 Å². The number of amides is 1. The van der Waals surface area contributed by atoms with Crippen molar-refractivity contribution >= 4 is 28.6 Å². The molecule has 10 nitrogen and oxygen atoms in total. The summed E-state index contributed by atoms with van der Waals surface area (Å²) in [5.74, 6) is 1.56. The maximum absolute atomic E-state index is 12.6. The van der Waals surface area contributed by atoms with E-state index in [9.17, 15) is 19.5 Å². The molecule has 1 atom stereocenters. The third-order valence-corrected chi connectivity index (χ3v) is 6.57. The number of cyclic esters (lactones) is 1. The Bertz CT molecular complexity index is 1040. The van der Waals surface area contributed by atoms with E-state index < -0.39 is 27.8 Å². The van der Waals surface area contributed by atoms with Gasteiger partial charge < -0.3 is 23.5 Å². The van der Waals surface area contributed by atoms with E-state index in [1.54, 1.807) is 32.0 Å². The third kappa shape index (κ3) is 5.60. The molecule has 11 heteroatoms. The highest BCUT2D eigenvalue weighted by Crippen LogP contribution is 2.42. The van der Waals surface area contributed by atoms with E-state index in [-0.39, 0.29) is 18.0 Å². The summed E-state index contributed by atoms with van der Waals surface area (Å²) in [5, 5.41) is 14.0. The van der Waals surface area contributed by atoms with Crippen molar-refractivity contribution in [2.45, 2.75) is 37.2 Å². The molecule has 1 unspecified atom stereocenters. The molecule has 3 rings (SSSR count). The van der Waals surface area contributed by atoms with Crippen molar-refractivity contribution in [3.8, 4) is 17.2 Å². The van der Waals surface area contributed by atoms with Gasteiger partial charge in [-0.3, -0.25) is 15.4 Å². The normalized spacial score (nSPS) is 15.0. The van der Waals surface area contributed by atoms with E-state index in [0.717, 1.165) is 0 Å². The number of ether oxygens (including phenoxy) is 4. The first-order valence-electron chi connectivity index (χ1n) is 10.2. The molecule has 1 aliphatic heterocycles. The summed E-state index contributed by atoms with van der Waals surface area (Å²) in [4.78, 5) is 23.3. The predicted molar refractivity (Wildman–Crippen MR) is 122 cm³/mol. The summed E-state index contributed by atoms with van der Waals surface area (Å²) < 4.78 is 34.0. The van der Waals surface area contributed by atoms with Crippen LogP contribution in [0.1, 0.15) is 32.3 Å². The van der Waals surface area contributed by atoms with Gasteiger partial charge in [-0.25, -0.2) is 4.79 Å². The van der Waals surface area contributed by atoms with Gasteiger partial charge in [-0.2, -0.15) is 0 Å². The number of nitrogens with zero attached hydrogens (tertiary/aromatic N) is 1. The molecule has 33 heavy (non-hydrogen) atoms. The molecule has 1 amide bonds. The van der Waals surface area contributed by atoms with Gasteiger partial charge in [0.15, 0.2) is 22.1 Å². The number of anilines is 1. The van der Waals surface area contributed by atoms with Crippen molar-refractivity contribution in [2.24, 2.45) is 0 Å². The maximum atomic E-state index is 12.6. The first-order chi connectivity index (χ1) is 15.7. The lowest BCUT2D eigenvalue weighted by Crippen LogP contribution is -2.34. The van der Waals surface area contributed by atoms with Gasteiger partial charge >= 0.3 is 11.8 Å². The van der Waals surface area contributed by atoms with Gasteiger partial charge in [0.25, 0.3) is 0 Å². The monoisotopic (exact) mass is 478 g/mol. The van der Waals surface area contributed by atoms with Crippen molar-refractivity contribution in [1.29, 1.82) is 0 Å². The van der Waals surface area contributed by atoms with Crippen LogP contribution in [0.4, 0.5) is 16.2 Å². The van der Waals surface area contributed by atoms with E-state index in [0.29, 0.717) is 46.2 Å². The fourth-order valence-electron chi connectivity index (χ4n) is 3.44. The number of hydrogen-bond donors (Lipinski definition) is 1. The molecule has 1 heterocycles. The van der Waals surface area contributed by atoms with Crippen LogP contribution in [0.25, 0.3) is 0 Å². The number of hydrogen-bond acceptors (Lipinski definition) is 8. The van der Waals surface area contributed by atoms with E-state index in [2.05, 4.69) is 5.32 Å². The summed E-state index contributed by atoms with van der Waals surface area (Å²) in [7, 11) is 3.05. The highest BCUT2D eigenvalue weighted by Gasteiger charge is 2.36. The molecule has 0 saturated heterocycles. The first kappa shape index (κ1) is 24.5. The summed E-state index contributed by atoms with van der Waals surface area (Å²) >= 11 is -1.24. The van der Waals surface area contributed by atoms with Gasteiger partial charge in [0.05, 0.1) is 31.4 Å². The fraction of sp³-hybridized carbons (Fsp3) is 0.409. The lowest BCUT2D eigenvalue weighted by atomic mass is 9.94. The van der Waals surface area contributed by atoms with Crippen LogP contribution in [0.15, 0.2) is 35.2 Å². The molecular formula is C22H26N2O8S. The number of rotatable bonds is 10. The van der Waals surface area contributed by atoms with Gasteiger partial charge in [-0.05, 0) is 56.1 Å². The van der Waals surface area contributed by atoms with Crippen molar-refractivity contribution < 1.29 is 33.2 Å². The van der Waals surface area contributed by atoms with Crippen LogP contribution in [0, 0.1) is 10.1 Å². The maximum Gasteiger partial charge on any atom is 0.412 e. The molecule has 0 radical (unpaired) electrons. The summed E-state index contributed by atoms with van der Waals surface area (Å²) in [6, 6.07) is 7.92. The van der Waals surface area contributed by atoms with Crippen LogP contribution in [-0.2, 0) is 21.5 Å². The molecule has 0 aliphatic carbocycles. The average Bonchev–Trinajstić information content (AvgIpc) is 2.77. The number of fused-ring (bicyclic) bond motifs is 1. The van der Waals surface area contributed by atoms with E-state index in [4.69, 9.17) is 18.9 Å². The Kier molecular flexibility index (Phi) is 7.54. The van der Waals surface area contributed by atoms with Crippen LogP contribution < -0.4 is 19.5 Å². The third-order valence-electron chi connectivity index (χ3n) is 5.13. The second kappa shape index (κ2) is 10.2. The Morgan fingerprint density at radius 2 is 1.82 bits per heavy atom. The molecule has 0 fully saturated rings. The van der Waals surface area contributed by atoms with Gasteiger partial charge in [-0.15, -0.1) is 0 Å². The minimum atomic E-state index is -1.24. The van der Waals surface area contributed by atoms with Gasteiger partial charge in [0.2, 0.25) is 0 Å². The Balaban J connectivity index is 1.60. The molecule has 0 spiro atoms. The van der Waals surface area contributed by atoms with Crippen LogP contribution in [0.2, 0.25) is 0 Å². The lowest BCUT2D eigenvalue weighted by molar-refractivity contribution is -0.385. The van der Waals surface area contributed by atoms with Crippen molar-refractivity contribution in [1.82, 2.24) is 0 Å². The minimum Gasteiger partial charge on any atom is -0.611 e. The molecule has 1 aliphatic rings. The lowest BCUT2D eigenvalue weighted by Gasteiger charge is -2.32. The largest absolute Gasteiger partial charge is 0.611 e. The van der Waals surface area contributed by atoms with Crippen molar-refractivity contribution in [3.05, 3.63) is 46.0 Å². The molecule has 2 aromatic rings. The number of carbonyl (C=O) groups is 1. The zero-order chi connectivity index (χ0) is 24.2. The number of nitrogens with one attached hydrogen (secondary N) is 1. The highest BCUT2D eigenvalue weighted by molar-refractivity contribution is 7.91. The highest BCUT2D eigenvalue weighted by atomic mass is 32.2. The molecule has 178 valence electrons. The first-order valence-corrected chi connectivity index (χ1v) is 11.5. The zero-order valence-electron chi connectivity index (χ0n) is 18.8. The fourth-order valence-corrected chi connectivity index (χ4v) is 4.60. The molecule has 1 N–H and O–H groups in total. The molecule has 2 aromatic carbocycles.